The molecular formula is C60H115NO5. The predicted octanol–water partition coefficient (Wildman–Crippen LogP) is 18.2. The monoisotopic (exact) mass is 930 g/mol. The molecule has 0 fully saturated rings. The number of unbranched alkanes of at least 4 members (excludes halogenated alkanes) is 40. The third-order valence-corrected chi connectivity index (χ3v) is 13.8. The van der Waals surface area contributed by atoms with E-state index >= 15 is 0 Å². The van der Waals surface area contributed by atoms with Gasteiger partial charge in [-0.15, -0.1) is 0 Å². The van der Waals surface area contributed by atoms with E-state index in [0.29, 0.717) is 25.9 Å². The zero-order valence-corrected chi connectivity index (χ0v) is 44.4. The van der Waals surface area contributed by atoms with Crippen molar-refractivity contribution in [3.8, 4) is 0 Å². The van der Waals surface area contributed by atoms with Gasteiger partial charge in [-0.3, -0.25) is 9.59 Å². The number of esters is 1. The second-order valence-corrected chi connectivity index (χ2v) is 20.3. The first kappa shape index (κ1) is 64.3. The lowest BCUT2D eigenvalue weighted by Crippen LogP contribution is -2.45. The first-order valence-corrected chi connectivity index (χ1v) is 29.6. The Hall–Kier alpha value is -1.66. The Morgan fingerprint density at radius 3 is 1.18 bits per heavy atom. The van der Waals surface area contributed by atoms with Crippen molar-refractivity contribution >= 4 is 11.9 Å². The van der Waals surface area contributed by atoms with E-state index < -0.39 is 12.1 Å². The van der Waals surface area contributed by atoms with E-state index in [2.05, 4.69) is 43.5 Å². The summed E-state index contributed by atoms with van der Waals surface area (Å²) in [6.45, 7) is 4.93. The van der Waals surface area contributed by atoms with Crippen LogP contribution in [-0.2, 0) is 14.3 Å². The number of amides is 1. The van der Waals surface area contributed by atoms with Gasteiger partial charge in [-0.1, -0.05) is 276 Å². The zero-order chi connectivity index (χ0) is 47.9. The van der Waals surface area contributed by atoms with Crippen LogP contribution in [0.4, 0.5) is 0 Å². The quantitative estimate of drug-likeness (QED) is 0.0321. The van der Waals surface area contributed by atoms with Crippen molar-refractivity contribution in [2.45, 2.75) is 334 Å². The number of aliphatic hydroxyl groups excluding tert-OH is 2. The van der Waals surface area contributed by atoms with Gasteiger partial charge in [0, 0.05) is 12.8 Å². The maximum atomic E-state index is 12.5. The summed E-state index contributed by atoms with van der Waals surface area (Å²) in [7, 11) is 0. The minimum atomic E-state index is -0.666. The van der Waals surface area contributed by atoms with Gasteiger partial charge in [0.25, 0.3) is 0 Å². The molecule has 1 amide bonds. The van der Waals surface area contributed by atoms with Crippen LogP contribution in [0.1, 0.15) is 322 Å². The highest BCUT2D eigenvalue weighted by Gasteiger charge is 2.20. The van der Waals surface area contributed by atoms with Gasteiger partial charge < -0.3 is 20.3 Å². The molecule has 0 aromatic rings. The summed E-state index contributed by atoms with van der Waals surface area (Å²) in [5.41, 5.74) is 0. The molecule has 2 unspecified atom stereocenters. The number of allylic oxidation sites excluding steroid dienone is 4. The number of carbonyl (C=O) groups is 2. The molecule has 0 bridgehead atoms. The number of hydrogen-bond acceptors (Lipinski definition) is 5. The maximum Gasteiger partial charge on any atom is 0.305 e. The van der Waals surface area contributed by atoms with E-state index in [1.807, 2.05) is 0 Å². The highest BCUT2D eigenvalue weighted by atomic mass is 16.5. The van der Waals surface area contributed by atoms with Crippen LogP contribution in [0, 0.1) is 0 Å². The van der Waals surface area contributed by atoms with Crippen molar-refractivity contribution in [1.82, 2.24) is 5.32 Å². The lowest BCUT2D eigenvalue weighted by atomic mass is 10.0. The van der Waals surface area contributed by atoms with Crippen molar-refractivity contribution in [2.75, 3.05) is 13.2 Å². The molecule has 0 aliphatic carbocycles. The normalized spacial score (nSPS) is 12.7. The van der Waals surface area contributed by atoms with Crippen molar-refractivity contribution in [2.24, 2.45) is 0 Å². The summed E-state index contributed by atoms with van der Waals surface area (Å²) in [5.74, 6) is -0.0380. The number of hydrogen-bond donors (Lipinski definition) is 3. The summed E-state index contributed by atoms with van der Waals surface area (Å²) in [6.07, 6.45) is 67.4. The molecule has 0 aromatic heterocycles. The Balaban J connectivity index is 3.40. The van der Waals surface area contributed by atoms with Crippen molar-refractivity contribution in [3.63, 3.8) is 0 Å². The second-order valence-electron chi connectivity index (χ2n) is 20.3. The molecule has 0 aliphatic heterocycles. The summed E-state index contributed by atoms with van der Waals surface area (Å²) >= 11 is 0. The summed E-state index contributed by atoms with van der Waals surface area (Å²) in [6, 6.07) is -0.544. The fourth-order valence-electron chi connectivity index (χ4n) is 9.20. The second kappa shape index (κ2) is 55.9. The Bertz CT molecular complexity index is 1030. The van der Waals surface area contributed by atoms with Crippen LogP contribution in [0.2, 0.25) is 0 Å². The van der Waals surface area contributed by atoms with Gasteiger partial charge in [-0.2, -0.15) is 0 Å². The topological polar surface area (TPSA) is 95.9 Å². The fraction of sp³-hybridized carbons (Fsp3) is 0.900. The zero-order valence-electron chi connectivity index (χ0n) is 44.4. The van der Waals surface area contributed by atoms with E-state index in [0.717, 1.165) is 51.4 Å². The number of aliphatic hydroxyl groups is 2. The molecule has 0 aromatic carbocycles. The third-order valence-electron chi connectivity index (χ3n) is 13.8. The highest BCUT2D eigenvalue weighted by Crippen LogP contribution is 2.17. The Kier molecular flexibility index (Phi) is 54.5. The van der Waals surface area contributed by atoms with Gasteiger partial charge in [0.1, 0.15) is 0 Å². The van der Waals surface area contributed by atoms with Crippen molar-refractivity contribution in [3.05, 3.63) is 24.3 Å². The van der Waals surface area contributed by atoms with Crippen LogP contribution in [0.25, 0.3) is 0 Å². The van der Waals surface area contributed by atoms with Gasteiger partial charge in [-0.05, 0) is 57.8 Å². The first-order valence-electron chi connectivity index (χ1n) is 29.6. The predicted molar refractivity (Wildman–Crippen MR) is 287 cm³/mol. The minimum Gasteiger partial charge on any atom is -0.466 e. The fourth-order valence-corrected chi connectivity index (χ4v) is 9.20. The standard InChI is InChI=1S/C60H115NO5/c1-3-5-7-9-11-13-15-17-19-22-26-30-34-38-42-46-50-54-60(65)66-55-51-47-43-39-35-31-27-24-21-20-23-25-29-33-37-41-45-49-53-59(64)61-57(56-62)58(63)52-48-44-40-36-32-28-18-16-14-12-10-8-6-4-2/h11,13,17,19,57-58,62-63H,3-10,12,14-16,18,20-56H2,1-2H3,(H,61,64)/b13-11-,19-17-. The molecule has 66 heavy (non-hydrogen) atoms. The van der Waals surface area contributed by atoms with E-state index in [1.165, 1.54) is 238 Å². The SMILES string of the molecule is CCCCC/C=C\C/C=C\CCCCCCCCCC(=O)OCCCCCCCCCCCCCCCCCCCCC(=O)NC(CO)C(O)CCCCCCCCCCCCCCCC. The average molecular weight is 931 g/mol. The lowest BCUT2D eigenvalue weighted by molar-refractivity contribution is -0.143. The Morgan fingerprint density at radius 1 is 0.424 bits per heavy atom. The molecule has 0 radical (unpaired) electrons. The van der Waals surface area contributed by atoms with Gasteiger partial charge in [-0.25, -0.2) is 0 Å². The van der Waals surface area contributed by atoms with Crippen LogP contribution in [0.15, 0.2) is 24.3 Å². The highest BCUT2D eigenvalue weighted by molar-refractivity contribution is 5.76. The molecule has 6 heteroatoms. The van der Waals surface area contributed by atoms with Gasteiger partial charge in [0.05, 0.1) is 25.4 Å². The smallest absolute Gasteiger partial charge is 0.305 e. The summed E-state index contributed by atoms with van der Waals surface area (Å²) < 4.78 is 5.48. The third kappa shape index (κ3) is 51.7. The van der Waals surface area contributed by atoms with Crippen LogP contribution in [-0.4, -0.2) is 47.4 Å². The molecule has 0 spiro atoms. The van der Waals surface area contributed by atoms with E-state index in [-0.39, 0.29) is 18.5 Å². The number of ether oxygens (including phenoxy) is 1. The molecule has 6 nitrogen and oxygen atoms in total. The molecule has 0 heterocycles. The lowest BCUT2D eigenvalue weighted by Gasteiger charge is -2.22. The largest absolute Gasteiger partial charge is 0.466 e. The molecule has 0 saturated heterocycles. The molecule has 0 rings (SSSR count). The van der Waals surface area contributed by atoms with Crippen LogP contribution in [0.5, 0.6) is 0 Å². The van der Waals surface area contributed by atoms with Crippen molar-refractivity contribution < 1.29 is 24.5 Å². The Morgan fingerprint density at radius 2 is 0.758 bits per heavy atom. The van der Waals surface area contributed by atoms with Crippen LogP contribution in [0.3, 0.4) is 0 Å². The van der Waals surface area contributed by atoms with Crippen LogP contribution >= 0.6 is 0 Å². The van der Waals surface area contributed by atoms with E-state index in [1.54, 1.807) is 0 Å². The Labute approximate surface area is 411 Å². The summed E-state index contributed by atoms with van der Waals surface area (Å²) in [4.78, 5) is 24.5. The number of rotatable bonds is 55. The molecular weight excluding hydrogens is 815 g/mol. The molecule has 0 aliphatic rings. The maximum absolute atomic E-state index is 12.5. The number of nitrogens with one attached hydrogen (secondary N) is 1. The average Bonchev–Trinajstić information content (AvgIpc) is 3.32. The van der Waals surface area contributed by atoms with E-state index in [4.69, 9.17) is 4.74 Å². The molecule has 2 atom stereocenters. The van der Waals surface area contributed by atoms with Gasteiger partial charge in [0.2, 0.25) is 5.91 Å². The van der Waals surface area contributed by atoms with Gasteiger partial charge >= 0.3 is 5.97 Å². The molecule has 390 valence electrons. The molecule has 3 N–H and O–H groups in total. The van der Waals surface area contributed by atoms with Crippen LogP contribution < -0.4 is 5.32 Å². The first-order chi connectivity index (χ1) is 32.5. The molecule has 0 saturated carbocycles. The van der Waals surface area contributed by atoms with Crippen molar-refractivity contribution in [1.29, 1.82) is 0 Å². The number of carbonyl (C=O) groups excluding carboxylic acids is 2. The van der Waals surface area contributed by atoms with E-state index in [9.17, 15) is 19.8 Å². The summed E-state index contributed by atoms with van der Waals surface area (Å²) in [5, 5.41) is 23.3. The minimum absolute atomic E-state index is 0.0000887. The van der Waals surface area contributed by atoms with Gasteiger partial charge in [0.15, 0.2) is 0 Å².